The summed E-state index contributed by atoms with van der Waals surface area (Å²) in [6.45, 7) is 0. The van der Waals surface area contributed by atoms with Crippen molar-refractivity contribution in [2.75, 3.05) is 26.2 Å². The zero-order valence-corrected chi connectivity index (χ0v) is 18.6. The van der Waals surface area contributed by atoms with E-state index in [2.05, 4.69) is 4.98 Å². The fraction of sp³-hybridized carbons (Fsp3) is 0.120. The van der Waals surface area contributed by atoms with Gasteiger partial charge in [-0.3, -0.25) is 9.69 Å². The van der Waals surface area contributed by atoms with E-state index in [-0.39, 0.29) is 5.91 Å². The van der Waals surface area contributed by atoms with Crippen LogP contribution in [0, 0.1) is 0 Å². The SMILES string of the molecule is COc1ccc(N2C(=O)/C(=C/c3ccc(OC)c(OC)c3)C=C2c2ccc(Cl)cc2)cn1. The Labute approximate surface area is 191 Å². The van der Waals surface area contributed by atoms with Crippen LogP contribution in [-0.4, -0.2) is 32.2 Å². The second kappa shape index (κ2) is 9.16. The lowest BCUT2D eigenvalue weighted by Gasteiger charge is -2.20. The number of carbonyl (C=O) groups is 1. The van der Waals surface area contributed by atoms with Gasteiger partial charge in [-0.2, -0.15) is 0 Å². The van der Waals surface area contributed by atoms with Gasteiger partial charge in [0, 0.05) is 16.7 Å². The summed E-state index contributed by atoms with van der Waals surface area (Å²) in [7, 11) is 4.71. The quantitative estimate of drug-likeness (QED) is 0.483. The molecule has 0 radical (unpaired) electrons. The zero-order valence-electron chi connectivity index (χ0n) is 17.8. The third-order valence-corrected chi connectivity index (χ3v) is 5.29. The van der Waals surface area contributed by atoms with Gasteiger partial charge in [-0.15, -0.1) is 0 Å². The summed E-state index contributed by atoms with van der Waals surface area (Å²) in [6.07, 6.45) is 5.28. The Morgan fingerprint density at radius 2 is 1.66 bits per heavy atom. The number of halogens is 1. The highest BCUT2D eigenvalue weighted by Gasteiger charge is 2.30. The number of pyridine rings is 1. The Balaban J connectivity index is 1.79. The molecule has 0 atom stereocenters. The highest BCUT2D eigenvalue weighted by atomic mass is 35.5. The lowest BCUT2D eigenvalue weighted by molar-refractivity contribution is -0.113. The van der Waals surface area contributed by atoms with Crippen molar-refractivity contribution < 1.29 is 19.0 Å². The van der Waals surface area contributed by atoms with E-state index < -0.39 is 0 Å². The molecule has 0 N–H and O–H groups in total. The van der Waals surface area contributed by atoms with Gasteiger partial charge in [-0.25, -0.2) is 4.98 Å². The van der Waals surface area contributed by atoms with E-state index in [1.165, 1.54) is 0 Å². The van der Waals surface area contributed by atoms with Crippen LogP contribution >= 0.6 is 11.6 Å². The Morgan fingerprint density at radius 1 is 0.906 bits per heavy atom. The maximum Gasteiger partial charge on any atom is 0.263 e. The third kappa shape index (κ3) is 4.18. The van der Waals surface area contributed by atoms with Crippen LogP contribution in [0.3, 0.4) is 0 Å². The van der Waals surface area contributed by atoms with Crippen LogP contribution in [0.1, 0.15) is 11.1 Å². The van der Waals surface area contributed by atoms with E-state index in [4.69, 9.17) is 25.8 Å². The van der Waals surface area contributed by atoms with Crippen LogP contribution in [0.15, 0.2) is 72.4 Å². The van der Waals surface area contributed by atoms with Gasteiger partial charge < -0.3 is 14.2 Å². The summed E-state index contributed by atoms with van der Waals surface area (Å²) in [6, 6.07) is 16.4. The number of anilines is 1. The van der Waals surface area contributed by atoms with Crippen LogP contribution < -0.4 is 19.1 Å². The summed E-state index contributed by atoms with van der Waals surface area (Å²) in [5, 5.41) is 0.623. The molecule has 0 saturated carbocycles. The number of aromatic nitrogens is 1. The van der Waals surface area contributed by atoms with Crippen molar-refractivity contribution in [2.24, 2.45) is 0 Å². The first-order valence-electron chi connectivity index (χ1n) is 9.80. The molecule has 2 heterocycles. The molecule has 0 spiro atoms. The molecular formula is C25H21ClN2O4. The fourth-order valence-electron chi connectivity index (χ4n) is 3.45. The molecule has 4 rings (SSSR count). The van der Waals surface area contributed by atoms with Crippen molar-refractivity contribution in [2.45, 2.75) is 0 Å². The molecule has 32 heavy (non-hydrogen) atoms. The molecule has 7 heteroatoms. The molecule has 0 bridgehead atoms. The van der Waals surface area contributed by atoms with Gasteiger partial charge >= 0.3 is 0 Å². The fourth-order valence-corrected chi connectivity index (χ4v) is 3.58. The number of ether oxygens (including phenoxy) is 3. The van der Waals surface area contributed by atoms with E-state index >= 15 is 0 Å². The molecule has 1 aliphatic heterocycles. The number of nitrogens with zero attached hydrogens (tertiary/aromatic N) is 2. The predicted molar refractivity (Wildman–Crippen MR) is 125 cm³/mol. The van der Waals surface area contributed by atoms with E-state index in [0.717, 1.165) is 16.8 Å². The Hall–Kier alpha value is -3.77. The highest BCUT2D eigenvalue weighted by Crippen LogP contribution is 2.36. The number of carbonyl (C=O) groups excluding carboxylic acids is 1. The molecule has 0 aliphatic carbocycles. The predicted octanol–water partition coefficient (Wildman–Crippen LogP) is 5.23. The minimum absolute atomic E-state index is 0.170. The first-order valence-corrected chi connectivity index (χ1v) is 10.2. The van der Waals surface area contributed by atoms with Crippen molar-refractivity contribution in [3.05, 3.63) is 88.6 Å². The molecular weight excluding hydrogens is 428 g/mol. The molecule has 1 amide bonds. The molecule has 1 aromatic heterocycles. The number of methoxy groups -OCH3 is 3. The van der Waals surface area contributed by atoms with Gasteiger partial charge in [0.05, 0.1) is 38.9 Å². The van der Waals surface area contributed by atoms with E-state index in [1.807, 2.05) is 36.4 Å². The first-order chi connectivity index (χ1) is 15.5. The summed E-state index contributed by atoms with van der Waals surface area (Å²) < 4.78 is 15.8. The summed E-state index contributed by atoms with van der Waals surface area (Å²) in [5.41, 5.74) is 3.55. The summed E-state index contributed by atoms with van der Waals surface area (Å²) in [4.78, 5) is 19.3. The van der Waals surface area contributed by atoms with Crippen molar-refractivity contribution in [3.8, 4) is 17.4 Å². The number of rotatable bonds is 6. The molecule has 6 nitrogen and oxygen atoms in total. The lowest BCUT2D eigenvalue weighted by atomic mass is 10.1. The normalized spacial score (nSPS) is 14.5. The van der Waals surface area contributed by atoms with Crippen LogP contribution in [0.2, 0.25) is 5.02 Å². The molecule has 1 aliphatic rings. The van der Waals surface area contributed by atoms with E-state index in [9.17, 15) is 4.79 Å². The lowest BCUT2D eigenvalue weighted by Crippen LogP contribution is -2.25. The van der Waals surface area contributed by atoms with Gasteiger partial charge in [-0.05, 0) is 53.6 Å². The van der Waals surface area contributed by atoms with Gasteiger partial charge in [-0.1, -0.05) is 29.8 Å². The smallest absolute Gasteiger partial charge is 0.263 e. The van der Waals surface area contributed by atoms with Gasteiger partial charge in [0.2, 0.25) is 5.88 Å². The zero-order chi connectivity index (χ0) is 22.7. The summed E-state index contributed by atoms with van der Waals surface area (Å²) in [5.74, 6) is 1.51. The largest absolute Gasteiger partial charge is 0.493 e. The van der Waals surface area contributed by atoms with Gasteiger partial charge in [0.15, 0.2) is 11.5 Å². The van der Waals surface area contributed by atoms with E-state index in [1.54, 1.807) is 62.8 Å². The van der Waals surface area contributed by atoms with Crippen LogP contribution in [0.4, 0.5) is 5.69 Å². The first kappa shape index (κ1) is 21.5. The van der Waals surface area contributed by atoms with Crippen molar-refractivity contribution in [1.82, 2.24) is 4.98 Å². The highest BCUT2D eigenvalue weighted by molar-refractivity contribution is 6.30. The number of benzene rings is 2. The third-order valence-electron chi connectivity index (χ3n) is 5.04. The summed E-state index contributed by atoms with van der Waals surface area (Å²) >= 11 is 6.07. The van der Waals surface area contributed by atoms with Crippen LogP contribution in [0.5, 0.6) is 17.4 Å². The molecule has 3 aromatic rings. The molecule has 0 unspecified atom stereocenters. The average Bonchev–Trinajstić information content (AvgIpc) is 3.15. The number of hydrogen-bond donors (Lipinski definition) is 0. The Morgan fingerprint density at radius 3 is 2.28 bits per heavy atom. The second-order valence-electron chi connectivity index (χ2n) is 6.95. The monoisotopic (exact) mass is 448 g/mol. The standard InChI is InChI=1S/C25H21ClN2O4/c1-30-22-10-4-16(13-23(22)31-2)12-18-14-21(17-5-7-19(26)8-6-17)28(25(18)29)20-9-11-24(32-3)27-15-20/h4-15H,1-3H3/b18-12+. The maximum atomic E-state index is 13.5. The Kier molecular flexibility index (Phi) is 6.14. The molecule has 0 fully saturated rings. The van der Waals surface area contributed by atoms with Crippen LogP contribution in [-0.2, 0) is 4.79 Å². The average molecular weight is 449 g/mol. The maximum absolute atomic E-state index is 13.5. The van der Waals surface area contributed by atoms with Crippen molar-refractivity contribution in [1.29, 1.82) is 0 Å². The molecule has 162 valence electrons. The second-order valence-corrected chi connectivity index (χ2v) is 7.39. The van der Waals surface area contributed by atoms with E-state index in [0.29, 0.717) is 33.7 Å². The minimum atomic E-state index is -0.170. The molecule has 2 aromatic carbocycles. The molecule has 0 saturated heterocycles. The van der Waals surface area contributed by atoms with Gasteiger partial charge in [0.25, 0.3) is 5.91 Å². The number of amides is 1. The van der Waals surface area contributed by atoms with Crippen molar-refractivity contribution in [3.63, 3.8) is 0 Å². The van der Waals surface area contributed by atoms with Gasteiger partial charge in [0.1, 0.15) is 0 Å². The Bertz CT molecular complexity index is 1200. The minimum Gasteiger partial charge on any atom is -0.493 e. The topological polar surface area (TPSA) is 60.9 Å². The van der Waals surface area contributed by atoms with Crippen LogP contribution in [0.25, 0.3) is 11.8 Å². The van der Waals surface area contributed by atoms with Crippen molar-refractivity contribution >= 4 is 35.0 Å². The number of hydrogen-bond acceptors (Lipinski definition) is 5.